The van der Waals surface area contributed by atoms with Gasteiger partial charge in [0.1, 0.15) is 5.75 Å². The first-order chi connectivity index (χ1) is 11.0. The SMILES string of the molecule is CCCCOc1ccc(NC(=O)C(C)C2(O)CCNCC2)cc1. The molecule has 0 radical (unpaired) electrons. The van der Waals surface area contributed by atoms with Gasteiger partial charge < -0.3 is 20.5 Å². The molecule has 0 spiro atoms. The van der Waals surface area contributed by atoms with Gasteiger partial charge in [-0.25, -0.2) is 0 Å². The smallest absolute Gasteiger partial charge is 0.230 e. The number of hydrogen-bond donors (Lipinski definition) is 3. The average molecular weight is 320 g/mol. The molecule has 23 heavy (non-hydrogen) atoms. The zero-order chi connectivity index (χ0) is 16.7. The third-order valence-electron chi connectivity index (χ3n) is 4.56. The van der Waals surface area contributed by atoms with Gasteiger partial charge in [-0.1, -0.05) is 20.3 Å². The van der Waals surface area contributed by atoms with E-state index in [2.05, 4.69) is 17.6 Å². The predicted octanol–water partition coefficient (Wildman–Crippen LogP) is 2.55. The number of amides is 1. The van der Waals surface area contributed by atoms with Gasteiger partial charge >= 0.3 is 0 Å². The van der Waals surface area contributed by atoms with Crippen LogP contribution < -0.4 is 15.4 Å². The first-order valence-electron chi connectivity index (χ1n) is 8.52. The van der Waals surface area contributed by atoms with E-state index in [0.717, 1.165) is 37.4 Å². The van der Waals surface area contributed by atoms with Crippen molar-refractivity contribution in [1.29, 1.82) is 0 Å². The summed E-state index contributed by atoms with van der Waals surface area (Å²) in [6.07, 6.45) is 3.34. The van der Waals surface area contributed by atoms with E-state index >= 15 is 0 Å². The molecular formula is C18H28N2O3. The van der Waals surface area contributed by atoms with Crippen molar-refractivity contribution in [3.05, 3.63) is 24.3 Å². The van der Waals surface area contributed by atoms with Gasteiger partial charge in [-0.15, -0.1) is 0 Å². The fourth-order valence-electron chi connectivity index (χ4n) is 2.76. The molecular weight excluding hydrogens is 292 g/mol. The normalized spacial score (nSPS) is 18.2. The zero-order valence-corrected chi connectivity index (χ0v) is 14.1. The standard InChI is InChI=1S/C18H28N2O3/c1-3-4-13-23-16-7-5-15(6-8-16)20-17(21)14(2)18(22)9-11-19-12-10-18/h5-8,14,19,22H,3-4,9-13H2,1-2H3,(H,20,21). The quantitative estimate of drug-likeness (QED) is 0.675. The summed E-state index contributed by atoms with van der Waals surface area (Å²) in [4.78, 5) is 12.4. The number of unbranched alkanes of at least 4 members (excludes halogenated alkanes) is 1. The third kappa shape index (κ3) is 4.94. The molecule has 1 saturated heterocycles. The molecule has 128 valence electrons. The van der Waals surface area contributed by atoms with E-state index in [4.69, 9.17) is 4.74 Å². The molecule has 0 aromatic heterocycles. The fraction of sp³-hybridized carbons (Fsp3) is 0.611. The van der Waals surface area contributed by atoms with E-state index < -0.39 is 11.5 Å². The third-order valence-corrected chi connectivity index (χ3v) is 4.56. The second-order valence-corrected chi connectivity index (χ2v) is 6.29. The van der Waals surface area contributed by atoms with Crippen LogP contribution in [0.5, 0.6) is 5.75 Å². The number of ether oxygens (including phenoxy) is 1. The van der Waals surface area contributed by atoms with E-state index in [0.29, 0.717) is 19.4 Å². The predicted molar refractivity (Wildman–Crippen MR) is 91.7 cm³/mol. The molecule has 1 aliphatic heterocycles. The van der Waals surface area contributed by atoms with Crippen LogP contribution >= 0.6 is 0 Å². The van der Waals surface area contributed by atoms with Crippen LogP contribution in [0, 0.1) is 5.92 Å². The van der Waals surface area contributed by atoms with Crippen molar-refractivity contribution in [2.24, 2.45) is 5.92 Å². The molecule has 1 aromatic carbocycles. The van der Waals surface area contributed by atoms with Gasteiger partial charge in [0.25, 0.3) is 0 Å². The maximum Gasteiger partial charge on any atom is 0.230 e. The lowest BCUT2D eigenvalue weighted by Gasteiger charge is -2.36. The summed E-state index contributed by atoms with van der Waals surface area (Å²) in [5, 5.41) is 16.7. The van der Waals surface area contributed by atoms with Crippen molar-refractivity contribution < 1.29 is 14.6 Å². The summed E-state index contributed by atoms with van der Waals surface area (Å²) in [5.74, 6) is 0.223. The Morgan fingerprint density at radius 1 is 1.35 bits per heavy atom. The van der Waals surface area contributed by atoms with E-state index in [1.165, 1.54) is 0 Å². The second kappa shape index (κ2) is 8.31. The zero-order valence-electron chi connectivity index (χ0n) is 14.1. The highest BCUT2D eigenvalue weighted by Crippen LogP contribution is 2.28. The Kier molecular flexibility index (Phi) is 6.42. The van der Waals surface area contributed by atoms with Crippen molar-refractivity contribution in [2.45, 2.75) is 45.1 Å². The molecule has 3 N–H and O–H groups in total. The number of anilines is 1. The largest absolute Gasteiger partial charge is 0.494 e. The number of nitrogens with one attached hydrogen (secondary N) is 2. The summed E-state index contributed by atoms with van der Waals surface area (Å²) < 4.78 is 5.61. The number of aliphatic hydroxyl groups is 1. The van der Waals surface area contributed by atoms with E-state index in [-0.39, 0.29) is 5.91 Å². The van der Waals surface area contributed by atoms with Crippen molar-refractivity contribution in [2.75, 3.05) is 25.0 Å². The molecule has 2 rings (SSSR count). The Labute approximate surface area is 138 Å². The van der Waals surface area contributed by atoms with Gasteiger partial charge in [0.05, 0.1) is 18.1 Å². The second-order valence-electron chi connectivity index (χ2n) is 6.29. The summed E-state index contributed by atoms with van der Waals surface area (Å²) in [5.41, 5.74) is -0.194. The number of carbonyl (C=O) groups is 1. The summed E-state index contributed by atoms with van der Waals surface area (Å²) >= 11 is 0. The molecule has 1 fully saturated rings. The van der Waals surface area contributed by atoms with Gasteiger partial charge in [0.2, 0.25) is 5.91 Å². The number of rotatable bonds is 7. The van der Waals surface area contributed by atoms with Crippen LogP contribution in [0.25, 0.3) is 0 Å². The Hall–Kier alpha value is -1.59. The molecule has 0 saturated carbocycles. The van der Waals surface area contributed by atoms with Gasteiger partial charge in [0.15, 0.2) is 0 Å². The van der Waals surface area contributed by atoms with Crippen LogP contribution in [0.4, 0.5) is 5.69 Å². The lowest BCUT2D eigenvalue weighted by Crippen LogP contribution is -2.50. The molecule has 0 bridgehead atoms. The lowest BCUT2D eigenvalue weighted by atomic mass is 9.80. The number of benzene rings is 1. The van der Waals surface area contributed by atoms with Gasteiger partial charge in [-0.3, -0.25) is 4.79 Å². The maximum absolute atomic E-state index is 12.4. The molecule has 5 nitrogen and oxygen atoms in total. The number of carbonyl (C=O) groups excluding carboxylic acids is 1. The molecule has 5 heteroatoms. The van der Waals surface area contributed by atoms with Crippen molar-refractivity contribution in [3.63, 3.8) is 0 Å². The van der Waals surface area contributed by atoms with E-state index in [1.54, 1.807) is 6.92 Å². The Morgan fingerprint density at radius 2 is 2.00 bits per heavy atom. The fourth-order valence-corrected chi connectivity index (χ4v) is 2.76. The first-order valence-corrected chi connectivity index (χ1v) is 8.52. The maximum atomic E-state index is 12.4. The van der Waals surface area contributed by atoms with Crippen LogP contribution in [0.15, 0.2) is 24.3 Å². The summed E-state index contributed by atoms with van der Waals surface area (Å²) in [7, 11) is 0. The topological polar surface area (TPSA) is 70.6 Å². The highest BCUT2D eigenvalue weighted by molar-refractivity contribution is 5.93. The van der Waals surface area contributed by atoms with Crippen molar-refractivity contribution in [1.82, 2.24) is 5.32 Å². The van der Waals surface area contributed by atoms with Gasteiger partial charge in [0, 0.05) is 5.69 Å². The summed E-state index contributed by atoms with van der Waals surface area (Å²) in [6.45, 7) is 6.12. The lowest BCUT2D eigenvalue weighted by molar-refractivity contribution is -0.130. The molecule has 1 heterocycles. The van der Waals surface area contributed by atoms with Crippen LogP contribution in [-0.4, -0.2) is 36.3 Å². The summed E-state index contributed by atoms with van der Waals surface area (Å²) in [6, 6.07) is 7.38. The molecule has 1 atom stereocenters. The molecule has 1 aliphatic rings. The van der Waals surface area contributed by atoms with Gasteiger partial charge in [-0.05, 0) is 56.6 Å². The minimum absolute atomic E-state index is 0.144. The van der Waals surface area contributed by atoms with Crippen molar-refractivity contribution >= 4 is 11.6 Å². The average Bonchev–Trinajstić information content (AvgIpc) is 2.56. The minimum Gasteiger partial charge on any atom is -0.494 e. The molecule has 0 aliphatic carbocycles. The monoisotopic (exact) mass is 320 g/mol. The van der Waals surface area contributed by atoms with E-state index in [9.17, 15) is 9.90 Å². The molecule has 1 aromatic rings. The van der Waals surface area contributed by atoms with Gasteiger partial charge in [-0.2, -0.15) is 0 Å². The Bertz CT molecular complexity index is 495. The first kappa shape index (κ1) is 17.8. The van der Waals surface area contributed by atoms with E-state index in [1.807, 2.05) is 24.3 Å². The van der Waals surface area contributed by atoms with Crippen LogP contribution in [-0.2, 0) is 4.79 Å². The highest BCUT2D eigenvalue weighted by Gasteiger charge is 2.39. The minimum atomic E-state index is -0.918. The van der Waals surface area contributed by atoms with Crippen LogP contribution in [0.2, 0.25) is 0 Å². The Morgan fingerprint density at radius 3 is 2.61 bits per heavy atom. The van der Waals surface area contributed by atoms with Crippen LogP contribution in [0.3, 0.4) is 0 Å². The highest BCUT2D eigenvalue weighted by atomic mass is 16.5. The number of hydrogen-bond acceptors (Lipinski definition) is 4. The Balaban J connectivity index is 1.89. The van der Waals surface area contributed by atoms with Crippen LogP contribution in [0.1, 0.15) is 39.5 Å². The van der Waals surface area contributed by atoms with Crippen molar-refractivity contribution in [3.8, 4) is 5.75 Å². The number of piperidine rings is 1. The molecule has 1 unspecified atom stereocenters. The molecule has 1 amide bonds.